The number of benzene rings is 1. The molecule has 0 aliphatic carbocycles. The molecule has 1 rings (SSSR count). The van der Waals surface area contributed by atoms with Crippen molar-refractivity contribution < 1.29 is 9.66 Å². The van der Waals surface area contributed by atoms with Crippen LogP contribution in [0.1, 0.15) is 24.8 Å². The van der Waals surface area contributed by atoms with Crippen LogP contribution >= 0.6 is 28.6 Å². The quantitative estimate of drug-likeness (QED) is 0.353. The second kappa shape index (κ2) is 7.63. The van der Waals surface area contributed by atoms with E-state index in [2.05, 4.69) is 28.6 Å². The lowest BCUT2D eigenvalue weighted by molar-refractivity contribution is -0.386. The van der Waals surface area contributed by atoms with Gasteiger partial charge in [-0.15, -0.1) is 0 Å². The SMILES string of the molecule is Cc1cc(Br)cc([N+](=O)[O-])c1OCCCCCS. The first kappa shape index (κ1) is 15.3. The van der Waals surface area contributed by atoms with Crippen LogP contribution in [0.3, 0.4) is 0 Å². The second-order valence-corrected chi connectivity index (χ2v) is 5.32. The van der Waals surface area contributed by atoms with Gasteiger partial charge in [0, 0.05) is 10.5 Å². The molecule has 0 saturated carbocycles. The van der Waals surface area contributed by atoms with Gasteiger partial charge in [-0.1, -0.05) is 15.9 Å². The summed E-state index contributed by atoms with van der Waals surface area (Å²) >= 11 is 7.38. The number of nitro benzene ring substituents is 1. The highest BCUT2D eigenvalue weighted by Crippen LogP contribution is 2.34. The first-order valence-corrected chi connectivity index (χ1v) is 7.17. The molecular weight excluding hydrogens is 318 g/mol. The van der Waals surface area contributed by atoms with E-state index in [9.17, 15) is 10.1 Å². The van der Waals surface area contributed by atoms with Gasteiger partial charge in [0.2, 0.25) is 0 Å². The van der Waals surface area contributed by atoms with Crippen molar-refractivity contribution in [3.05, 3.63) is 32.3 Å². The van der Waals surface area contributed by atoms with Crippen LogP contribution < -0.4 is 4.74 Å². The molecule has 0 saturated heterocycles. The average molecular weight is 334 g/mol. The summed E-state index contributed by atoms with van der Waals surface area (Å²) in [5, 5.41) is 11.0. The molecule has 0 amide bonds. The Morgan fingerprint density at radius 3 is 2.72 bits per heavy atom. The Morgan fingerprint density at radius 1 is 1.39 bits per heavy atom. The van der Waals surface area contributed by atoms with E-state index in [1.807, 2.05) is 6.07 Å². The summed E-state index contributed by atoms with van der Waals surface area (Å²) in [7, 11) is 0. The molecule has 0 aliphatic heterocycles. The van der Waals surface area contributed by atoms with E-state index in [4.69, 9.17) is 4.74 Å². The van der Waals surface area contributed by atoms with Gasteiger partial charge in [-0.2, -0.15) is 12.6 Å². The molecule has 0 bridgehead atoms. The molecule has 0 N–H and O–H groups in total. The number of unbranched alkanes of at least 4 members (excludes halogenated alkanes) is 2. The van der Waals surface area contributed by atoms with Crippen LogP contribution in [0.5, 0.6) is 5.75 Å². The molecule has 6 heteroatoms. The molecule has 100 valence electrons. The van der Waals surface area contributed by atoms with Crippen molar-refractivity contribution in [3.8, 4) is 5.75 Å². The summed E-state index contributed by atoms with van der Waals surface area (Å²) in [6.07, 6.45) is 2.94. The van der Waals surface area contributed by atoms with E-state index in [0.29, 0.717) is 16.8 Å². The average Bonchev–Trinajstić information content (AvgIpc) is 2.30. The smallest absolute Gasteiger partial charge is 0.312 e. The molecule has 1 aromatic rings. The third-order valence-electron chi connectivity index (χ3n) is 2.47. The van der Waals surface area contributed by atoms with Gasteiger partial charge in [-0.05, 0) is 43.6 Å². The first-order valence-electron chi connectivity index (χ1n) is 5.74. The summed E-state index contributed by atoms with van der Waals surface area (Å²) in [5.41, 5.74) is 0.779. The number of nitrogens with zero attached hydrogens (tertiary/aromatic N) is 1. The summed E-state index contributed by atoms with van der Waals surface area (Å²) in [4.78, 5) is 10.5. The predicted octanol–water partition coefficient (Wildman–Crippen LogP) is 4.14. The molecule has 1 aromatic carbocycles. The zero-order chi connectivity index (χ0) is 13.5. The lowest BCUT2D eigenvalue weighted by Gasteiger charge is -2.09. The maximum Gasteiger partial charge on any atom is 0.312 e. The minimum absolute atomic E-state index is 0.0103. The maximum absolute atomic E-state index is 11.0. The molecule has 4 nitrogen and oxygen atoms in total. The summed E-state index contributed by atoms with van der Waals surface area (Å²) in [5.74, 6) is 1.23. The summed E-state index contributed by atoms with van der Waals surface area (Å²) in [6, 6.07) is 3.28. The molecule has 0 heterocycles. The first-order chi connectivity index (χ1) is 8.56. The number of ether oxygens (including phenoxy) is 1. The van der Waals surface area contributed by atoms with Crippen molar-refractivity contribution in [2.24, 2.45) is 0 Å². The molecule has 0 fully saturated rings. The minimum atomic E-state index is -0.416. The van der Waals surface area contributed by atoms with Crippen molar-refractivity contribution in [1.29, 1.82) is 0 Å². The summed E-state index contributed by atoms with van der Waals surface area (Å²) < 4.78 is 6.23. The number of hydrogen-bond donors (Lipinski definition) is 1. The number of nitro groups is 1. The van der Waals surface area contributed by atoms with Crippen molar-refractivity contribution in [3.63, 3.8) is 0 Å². The molecular formula is C12H16BrNO3S. The fourth-order valence-electron chi connectivity index (χ4n) is 1.60. The standard InChI is InChI=1S/C12H16BrNO3S/c1-9-7-10(13)8-11(14(15)16)12(9)17-5-3-2-4-6-18/h7-8,18H,2-6H2,1H3. The van der Waals surface area contributed by atoms with Gasteiger partial charge in [0.1, 0.15) is 0 Å². The van der Waals surface area contributed by atoms with E-state index in [1.54, 1.807) is 6.92 Å². The van der Waals surface area contributed by atoms with Gasteiger partial charge >= 0.3 is 5.69 Å². The number of halogens is 1. The fraction of sp³-hybridized carbons (Fsp3) is 0.500. The Morgan fingerprint density at radius 2 is 2.11 bits per heavy atom. The van der Waals surface area contributed by atoms with Gasteiger partial charge in [0.25, 0.3) is 0 Å². The van der Waals surface area contributed by atoms with Crippen LogP contribution in [0, 0.1) is 17.0 Å². The van der Waals surface area contributed by atoms with Gasteiger partial charge < -0.3 is 4.74 Å². The van der Waals surface area contributed by atoms with E-state index < -0.39 is 4.92 Å². The highest BCUT2D eigenvalue weighted by Gasteiger charge is 2.18. The van der Waals surface area contributed by atoms with Gasteiger partial charge in [0.05, 0.1) is 11.5 Å². The molecule has 0 aromatic heterocycles. The monoisotopic (exact) mass is 333 g/mol. The van der Waals surface area contributed by atoms with Crippen molar-refractivity contribution in [1.82, 2.24) is 0 Å². The third kappa shape index (κ3) is 4.49. The highest BCUT2D eigenvalue weighted by atomic mass is 79.9. The topological polar surface area (TPSA) is 52.4 Å². The Hall–Kier alpha value is -0.750. The van der Waals surface area contributed by atoms with Crippen molar-refractivity contribution in [2.45, 2.75) is 26.2 Å². The molecule has 0 atom stereocenters. The van der Waals surface area contributed by atoms with Crippen molar-refractivity contribution >= 4 is 34.2 Å². The molecule has 18 heavy (non-hydrogen) atoms. The van der Waals surface area contributed by atoms with Gasteiger partial charge in [-0.3, -0.25) is 10.1 Å². The Balaban J connectivity index is 2.71. The maximum atomic E-state index is 11.0. The van der Waals surface area contributed by atoms with E-state index >= 15 is 0 Å². The number of thiol groups is 1. The van der Waals surface area contributed by atoms with E-state index in [0.717, 1.165) is 30.6 Å². The molecule has 0 spiro atoms. The number of aryl methyl sites for hydroxylation is 1. The number of rotatable bonds is 7. The molecule has 0 aliphatic rings. The lowest BCUT2D eigenvalue weighted by atomic mass is 10.2. The van der Waals surface area contributed by atoms with Crippen LogP contribution in [0.25, 0.3) is 0 Å². The van der Waals surface area contributed by atoms with Crippen LogP contribution in [0.15, 0.2) is 16.6 Å². The largest absolute Gasteiger partial charge is 0.487 e. The van der Waals surface area contributed by atoms with E-state index in [-0.39, 0.29) is 5.69 Å². The zero-order valence-corrected chi connectivity index (χ0v) is 12.7. The molecule has 0 unspecified atom stereocenters. The highest BCUT2D eigenvalue weighted by molar-refractivity contribution is 9.10. The Bertz CT molecular complexity index is 426. The van der Waals surface area contributed by atoms with Gasteiger partial charge in [-0.25, -0.2) is 0 Å². The van der Waals surface area contributed by atoms with Crippen molar-refractivity contribution in [2.75, 3.05) is 12.4 Å². The summed E-state index contributed by atoms with van der Waals surface area (Å²) in [6.45, 7) is 2.30. The van der Waals surface area contributed by atoms with E-state index in [1.165, 1.54) is 6.07 Å². The second-order valence-electron chi connectivity index (χ2n) is 3.96. The van der Waals surface area contributed by atoms with Crippen LogP contribution in [-0.4, -0.2) is 17.3 Å². The Kier molecular flexibility index (Phi) is 6.49. The normalized spacial score (nSPS) is 10.4. The fourth-order valence-corrected chi connectivity index (χ4v) is 2.38. The van der Waals surface area contributed by atoms with Gasteiger partial charge in [0.15, 0.2) is 5.75 Å². The van der Waals surface area contributed by atoms with Crippen LogP contribution in [0.2, 0.25) is 0 Å². The lowest BCUT2D eigenvalue weighted by Crippen LogP contribution is -2.02. The van der Waals surface area contributed by atoms with Crippen LogP contribution in [-0.2, 0) is 0 Å². The zero-order valence-electron chi connectivity index (χ0n) is 10.2. The predicted molar refractivity (Wildman–Crippen MR) is 78.7 cm³/mol. The third-order valence-corrected chi connectivity index (χ3v) is 3.24. The minimum Gasteiger partial charge on any atom is -0.487 e. The van der Waals surface area contributed by atoms with Crippen LogP contribution in [0.4, 0.5) is 5.69 Å². The molecule has 0 radical (unpaired) electrons. The Labute approximate surface area is 120 Å². The number of hydrogen-bond acceptors (Lipinski definition) is 4.